The van der Waals surface area contributed by atoms with Gasteiger partial charge in [0.15, 0.2) is 11.0 Å². The van der Waals surface area contributed by atoms with Crippen molar-refractivity contribution in [2.75, 3.05) is 38.6 Å². The summed E-state index contributed by atoms with van der Waals surface area (Å²) in [7, 11) is 0. The van der Waals surface area contributed by atoms with E-state index in [1.165, 1.54) is 5.56 Å². The summed E-state index contributed by atoms with van der Waals surface area (Å²) in [6.45, 7) is 4.55. The Morgan fingerprint density at radius 3 is 2.55 bits per heavy atom. The number of benzene rings is 1. The summed E-state index contributed by atoms with van der Waals surface area (Å²) in [5, 5.41) is 20.2. The fourth-order valence-electron chi connectivity index (χ4n) is 3.32. The van der Waals surface area contributed by atoms with Gasteiger partial charge in [-0.15, -0.1) is 10.2 Å². The van der Waals surface area contributed by atoms with Crippen molar-refractivity contribution in [3.8, 4) is 11.4 Å². The van der Waals surface area contributed by atoms with Crippen molar-refractivity contribution in [2.24, 2.45) is 0 Å². The Morgan fingerprint density at radius 1 is 1.03 bits per heavy atom. The van der Waals surface area contributed by atoms with Crippen LogP contribution in [0.25, 0.3) is 11.4 Å². The summed E-state index contributed by atoms with van der Waals surface area (Å²) < 4.78 is 7.48. The van der Waals surface area contributed by atoms with E-state index in [1.807, 2.05) is 30.3 Å². The molecule has 1 atom stereocenters. The second-order valence-electron chi connectivity index (χ2n) is 6.99. The predicted octanol–water partition coefficient (Wildman–Crippen LogP) is 2.17. The molecule has 1 aromatic carbocycles. The van der Waals surface area contributed by atoms with Crippen LogP contribution in [0, 0.1) is 0 Å². The second-order valence-corrected chi connectivity index (χ2v) is 7.98. The molecule has 8 heteroatoms. The third-order valence-electron chi connectivity index (χ3n) is 4.82. The topological polar surface area (TPSA) is 76.3 Å². The number of nitrogens with zero attached hydrogens (tertiary/aromatic N) is 5. The highest BCUT2D eigenvalue weighted by atomic mass is 32.2. The predicted molar refractivity (Wildman–Crippen MR) is 113 cm³/mol. The molecule has 3 heterocycles. The summed E-state index contributed by atoms with van der Waals surface area (Å²) in [5.74, 6) is 1.38. The van der Waals surface area contributed by atoms with Crippen LogP contribution in [0.15, 0.2) is 60.0 Å². The van der Waals surface area contributed by atoms with E-state index in [-0.39, 0.29) is 0 Å². The Hall–Kier alpha value is -2.26. The van der Waals surface area contributed by atoms with E-state index in [2.05, 4.69) is 36.8 Å². The van der Waals surface area contributed by atoms with Crippen molar-refractivity contribution < 1.29 is 9.84 Å². The minimum absolute atomic E-state index is 0.427. The number of pyridine rings is 1. The molecule has 1 fully saturated rings. The molecule has 0 saturated carbocycles. The Morgan fingerprint density at radius 2 is 1.79 bits per heavy atom. The molecule has 3 aromatic rings. The van der Waals surface area contributed by atoms with Crippen LogP contribution in [0.5, 0.6) is 0 Å². The number of aliphatic hydroxyl groups is 1. The number of hydrogen-bond donors (Lipinski definition) is 1. The summed E-state index contributed by atoms with van der Waals surface area (Å²) in [5.41, 5.74) is 2.16. The molecule has 0 aliphatic carbocycles. The Kier molecular flexibility index (Phi) is 6.89. The Balaban J connectivity index is 1.49. The number of ether oxygens (including phenoxy) is 1. The molecule has 7 nitrogen and oxygen atoms in total. The van der Waals surface area contributed by atoms with Crippen molar-refractivity contribution in [1.82, 2.24) is 24.6 Å². The SMILES string of the molecule is O[C@H](CSc1nnc(-c2ccncc2)n1Cc1ccccc1)CN1CCOCC1. The third-order valence-corrected chi connectivity index (χ3v) is 5.93. The number of β-amino-alcohol motifs (C(OH)–C–C–N with tert-alkyl or cyclic N) is 1. The van der Waals surface area contributed by atoms with Crippen molar-refractivity contribution in [3.05, 3.63) is 60.4 Å². The van der Waals surface area contributed by atoms with Crippen LogP contribution < -0.4 is 0 Å². The number of thioether (sulfide) groups is 1. The molecule has 1 saturated heterocycles. The minimum atomic E-state index is -0.427. The highest BCUT2D eigenvalue weighted by molar-refractivity contribution is 7.99. The van der Waals surface area contributed by atoms with E-state index < -0.39 is 6.10 Å². The van der Waals surface area contributed by atoms with Gasteiger partial charge < -0.3 is 9.84 Å². The van der Waals surface area contributed by atoms with E-state index >= 15 is 0 Å². The molecule has 0 radical (unpaired) electrons. The fourth-order valence-corrected chi connectivity index (χ4v) is 4.18. The van der Waals surface area contributed by atoms with Gasteiger partial charge in [-0.25, -0.2) is 0 Å². The molecule has 29 heavy (non-hydrogen) atoms. The van der Waals surface area contributed by atoms with Crippen LogP contribution in [0.4, 0.5) is 0 Å². The third kappa shape index (κ3) is 5.42. The van der Waals surface area contributed by atoms with E-state index in [9.17, 15) is 5.11 Å². The first kappa shape index (κ1) is 20.0. The van der Waals surface area contributed by atoms with Gasteiger partial charge in [0.2, 0.25) is 0 Å². The van der Waals surface area contributed by atoms with Crippen LogP contribution in [-0.2, 0) is 11.3 Å². The highest BCUT2D eigenvalue weighted by Gasteiger charge is 2.18. The van der Waals surface area contributed by atoms with Gasteiger partial charge >= 0.3 is 0 Å². The Labute approximate surface area is 174 Å². The second kappa shape index (κ2) is 9.98. The van der Waals surface area contributed by atoms with Crippen LogP contribution in [0.1, 0.15) is 5.56 Å². The van der Waals surface area contributed by atoms with E-state index in [0.29, 0.717) is 18.8 Å². The first-order chi connectivity index (χ1) is 14.3. The molecule has 0 bridgehead atoms. The zero-order valence-electron chi connectivity index (χ0n) is 16.2. The lowest BCUT2D eigenvalue weighted by Gasteiger charge is -2.28. The standard InChI is InChI=1S/C21H25N5O2S/c27-19(15-25-10-12-28-13-11-25)16-29-21-24-23-20(18-6-8-22-9-7-18)26(21)14-17-4-2-1-3-5-17/h1-9,19,27H,10-16H2/t19-/m0/s1. The monoisotopic (exact) mass is 411 g/mol. The van der Waals surface area contributed by atoms with Gasteiger partial charge in [-0.1, -0.05) is 42.1 Å². The molecule has 4 rings (SSSR count). The smallest absolute Gasteiger partial charge is 0.191 e. The van der Waals surface area contributed by atoms with Gasteiger partial charge in [-0.05, 0) is 17.7 Å². The quantitative estimate of drug-likeness (QED) is 0.569. The lowest BCUT2D eigenvalue weighted by molar-refractivity contribution is 0.0188. The van der Waals surface area contributed by atoms with Crippen LogP contribution in [0.2, 0.25) is 0 Å². The van der Waals surface area contributed by atoms with E-state index in [4.69, 9.17) is 4.74 Å². The molecular weight excluding hydrogens is 386 g/mol. The Bertz CT molecular complexity index is 885. The van der Waals surface area contributed by atoms with Crippen LogP contribution >= 0.6 is 11.8 Å². The molecule has 0 spiro atoms. The van der Waals surface area contributed by atoms with E-state index in [0.717, 1.165) is 42.8 Å². The molecule has 0 amide bonds. The first-order valence-corrected chi connectivity index (χ1v) is 10.8. The molecule has 152 valence electrons. The first-order valence-electron chi connectivity index (χ1n) is 9.78. The molecule has 1 N–H and O–H groups in total. The minimum Gasteiger partial charge on any atom is -0.391 e. The maximum absolute atomic E-state index is 10.5. The van der Waals surface area contributed by atoms with Crippen molar-refractivity contribution in [3.63, 3.8) is 0 Å². The van der Waals surface area contributed by atoms with Gasteiger partial charge in [0.05, 0.1) is 25.9 Å². The normalized spacial score (nSPS) is 16.0. The van der Waals surface area contributed by atoms with Crippen molar-refractivity contribution >= 4 is 11.8 Å². The van der Waals surface area contributed by atoms with Crippen molar-refractivity contribution in [1.29, 1.82) is 0 Å². The van der Waals surface area contributed by atoms with Crippen LogP contribution in [-0.4, -0.2) is 74.5 Å². The number of aliphatic hydroxyl groups excluding tert-OH is 1. The lowest BCUT2D eigenvalue weighted by Crippen LogP contribution is -2.41. The lowest BCUT2D eigenvalue weighted by atomic mass is 10.2. The van der Waals surface area contributed by atoms with E-state index in [1.54, 1.807) is 24.2 Å². The number of aromatic nitrogens is 4. The van der Waals surface area contributed by atoms with Gasteiger partial charge in [0, 0.05) is 43.3 Å². The summed E-state index contributed by atoms with van der Waals surface area (Å²) in [6, 6.07) is 14.1. The molecule has 1 aliphatic rings. The molecule has 0 unspecified atom stereocenters. The molecular formula is C21H25N5O2S. The summed E-state index contributed by atoms with van der Waals surface area (Å²) >= 11 is 1.54. The maximum Gasteiger partial charge on any atom is 0.191 e. The van der Waals surface area contributed by atoms with Gasteiger partial charge in [-0.2, -0.15) is 0 Å². The fraction of sp³-hybridized carbons (Fsp3) is 0.381. The molecule has 2 aromatic heterocycles. The zero-order valence-corrected chi connectivity index (χ0v) is 17.0. The molecule has 1 aliphatic heterocycles. The number of morpholine rings is 1. The number of rotatable bonds is 8. The van der Waals surface area contributed by atoms with Crippen LogP contribution in [0.3, 0.4) is 0 Å². The summed E-state index contributed by atoms with van der Waals surface area (Å²) in [4.78, 5) is 6.34. The summed E-state index contributed by atoms with van der Waals surface area (Å²) in [6.07, 6.45) is 3.09. The zero-order chi connectivity index (χ0) is 19.9. The average molecular weight is 412 g/mol. The largest absolute Gasteiger partial charge is 0.391 e. The number of hydrogen-bond acceptors (Lipinski definition) is 7. The maximum atomic E-state index is 10.5. The average Bonchev–Trinajstić information content (AvgIpc) is 3.17. The van der Waals surface area contributed by atoms with Crippen molar-refractivity contribution in [2.45, 2.75) is 17.8 Å². The van der Waals surface area contributed by atoms with Gasteiger partial charge in [-0.3, -0.25) is 14.5 Å². The highest BCUT2D eigenvalue weighted by Crippen LogP contribution is 2.25. The van der Waals surface area contributed by atoms with Gasteiger partial charge in [0.25, 0.3) is 0 Å². The van der Waals surface area contributed by atoms with Gasteiger partial charge in [0.1, 0.15) is 0 Å².